The highest BCUT2D eigenvalue weighted by molar-refractivity contribution is 5.34. The minimum Gasteiger partial charge on any atom is -0.367 e. The van der Waals surface area contributed by atoms with Crippen LogP contribution >= 0.6 is 0 Å². The van der Waals surface area contributed by atoms with Crippen LogP contribution in [0.5, 0.6) is 0 Å². The predicted octanol–water partition coefficient (Wildman–Crippen LogP) is 6.47. The Morgan fingerprint density at radius 3 is 1.88 bits per heavy atom. The summed E-state index contributed by atoms with van der Waals surface area (Å²) in [6.07, 6.45) is 5.44. The molecular formula is C24H34O. The maximum Gasteiger partial charge on any atom is 0.0974 e. The molecule has 0 saturated heterocycles. The van der Waals surface area contributed by atoms with Crippen molar-refractivity contribution in [3.8, 4) is 0 Å². The minimum absolute atomic E-state index is 0.201. The van der Waals surface area contributed by atoms with Crippen LogP contribution in [-0.4, -0.2) is 6.10 Å². The molecule has 0 aromatic heterocycles. The lowest BCUT2D eigenvalue weighted by Gasteiger charge is -2.37. The topological polar surface area (TPSA) is 9.23 Å². The van der Waals surface area contributed by atoms with Gasteiger partial charge in [0.05, 0.1) is 11.7 Å². The van der Waals surface area contributed by atoms with Gasteiger partial charge in [-0.05, 0) is 55.4 Å². The highest BCUT2D eigenvalue weighted by Gasteiger charge is 2.33. The summed E-state index contributed by atoms with van der Waals surface area (Å²) in [7, 11) is 0. The molecule has 1 unspecified atom stereocenters. The Balaban J connectivity index is 2.48. The van der Waals surface area contributed by atoms with Gasteiger partial charge >= 0.3 is 0 Å². The molecule has 2 aromatic rings. The summed E-state index contributed by atoms with van der Waals surface area (Å²) in [6.45, 7) is 11.0. The lowest BCUT2D eigenvalue weighted by Crippen LogP contribution is -2.35. The van der Waals surface area contributed by atoms with Crippen LogP contribution in [0.3, 0.4) is 0 Å². The Hall–Kier alpha value is -1.60. The zero-order chi connectivity index (χ0) is 18.3. The summed E-state index contributed by atoms with van der Waals surface area (Å²) in [4.78, 5) is 0. The summed E-state index contributed by atoms with van der Waals surface area (Å²) in [5, 5.41) is 0. The van der Waals surface area contributed by atoms with Crippen molar-refractivity contribution in [2.75, 3.05) is 0 Å². The molecule has 136 valence electrons. The van der Waals surface area contributed by atoms with Gasteiger partial charge in [0, 0.05) is 6.42 Å². The Labute approximate surface area is 154 Å². The van der Waals surface area contributed by atoms with Crippen molar-refractivity contribution in [1.29, 1.82) is 0 Å². The fourth-order valence-electron chi connectivity index (χ4n) is 3.78. The summed E-state index contributed by atoms with van der Waals surface area (Å²) >= 11 is 0. The monoisotopic (exact) mass is 338 g/mol. The van der Waals surface area contributed by atoms with Crippen LogP contribution in [0.2, 0.25) is 0 Å². The lowest BCUT2D eigenvalue weighted by molar-refractivity contribution is -0.0915. The van der Waals surface area contributed by atoms with Crippen molar-refractivity contribution in [1.82, 2.24) is 0 Å². The maximum atomic E-state index is 6.62. The smallest absolute Gasteiger partial charge is 0.0974 e. The average molecular weight is 339 g/mol. The van der Waals surface area contributed by atoms with Crippen LogP contribution in [0.4, 0.5) is 0 Å². The van der Waals surface area contributed by atoms with Gasteiger partial charge in [0.1, 0.15) is 0 Å². The average Bonchev–Trinajstić information content (AvgIpc) is 2.61. The third-order valence-electron chi connectivity index (χ3n) is 4.83. The van der Waals surface area contributed by atoms with Crippen LogP contribution in [0, 0.1) is 0 Å². The zero-order valence-corrected chi connectivity index (χ0v) is 16.6. The molecule has 0 spiro atoms. The molecule has 0 saturated carbocycles. The lowest BCUT2D eigenvalue weighted by atomic mass is 9.82. The number of hydrogen-bond donors (Lipinski definition) is 0. The maximum absolute atomic E-state index is 6.62. The van der Waals surface area contributed by atoms with Gasteiger partial charge in [-0.15, -0.1) is 0 Å². The van der Waals surface area contributed by atoms with E-state index in [0.29, 0.717) is 0 Å². The highest BCUT2D eigenvalue weighted by Crippen LogP contribution is 2.36. The number of rotatable bonds is 9. The van der Waals surface area contributed by atoms with Crippen molar-refractivity contribution in [3.63, 3.8) is 0 Å². The van der Waals surface area contributed by atoms with Crippen LogP contribution in [0.15, 0.2) is 48.5 Å². The molecular weight excluding hydrogens is 304 g/mol. The van der Waals surface area contributed by atoms with E-state index >= 15 is 0 Å². The molecule has 0 N–H and O–H groups in total. The second-order valence-electron chi connectivity index (χ2n) is 7.32. The quantitative estimate of drug-likeness (QED) is 0.509. The number of benzene rings is 2. The summed E-state index contributed by atoms with van der Waals surface area (Å²) in [5.74, 6) is 0. The largest absolute Gasteiger partial charge is 0.367 e. The molecule has 0 aliphatic heterocycles. The molecule has 0 heterocycles. The van der Waals surface area contributed by atoms with E-state index in [1.807, 2.05) is 0 Å². The molecule has 0 amide bonds. The van der Waals surface area contributed by atoms with E-state index in [-0.39, 0.29) is 11.7 Å². The van der Waals surface area contributed by atoms with E-state index in [1.54, 1.807) is 0 Å². The molecule has 0 radical (unpaired) electrons. The summed E-state index contributed by atoms with van der Waals surface area (Å²) < 4.78 is 6.62. The van der Waals surface area contributed by atoms with Gasteiger partial charge in [0.2, 0.25) is 0 Å². The Kier molecular flexibility index (Phi) is 7.25. The predicted molar refractivity (Wildman–Crippen MR) is 108 cm³/mol. The second kappa shape index (κ2) is 9.20. The number of hydrogen-bond acceptors (Lipinski definition) is 1. The third-order valence-corrected chi connectivity index (χ3v) is 4.83. The number of ether oxygens (including phenoxy) is 1. The molecule has 2 rings (SSSR count). The molecule has 1 nitrogen and oxygen atoms in total. The summed E-state index contributed by atoms with van der Waals surface area (Å²) in [6, 6.07) is 17.9. The molecule has 1 heteroatoms. The van der Waals surface area contributed by atoms with Crippen LogP contribution < -0.4 is 0 Å². The first-order valence-electron chi connectivity index (χ1n) is 9.88. The van der Waals surface area contributed by atoms with E-state index in [9.17, 15) is 0 Å². The van der Waals surface area contributed by atoms with Gasteiger partial charge < -0.3 is 4.74 Å². The minimum atomic E-state index is -0.248. The molecule has 0 fully saturated rings. The van der Waals surface area contributed by atoms with Gasteiger partial charge in [-0.3, -0.25) is 0 Å². The fraction of sp³-hybridized carbons (Fsp3) is 0.500. The van der Waals surface area contributed by atoms with Crippen LogP contribution in [0.1, 0.15) is 69.7 Å². The molecule has 0 aliphatic carbocycles. The first kappa shape index (κ1) is 19.7. The van der Waals surface area contributed by atoms with E-state index in [4.69, 9.17) is 4.74 Å². The normalized spacial score (nSPS) is 13.8. The Bertz CT molecular complexity index is 622. The Morgan fingerprint density at radius 2 is 1.40 bits per heavy atom. The second-order valence-corrected chi connectivity index (χ2v) is 7.32. The van der Waals surface area contributed by atoms with E-state index in [1.165, 1.54) is 22.3 Å². The molecule has 0 aliphatic rings. The first-order valence-corrected chi connectivity index (χ1v) is 9.88. The van der Waals surface area contributed by atoms with Crippen molar-refractivity contribution >= 4 is 0 Å². The zero-order valence-electron chi connectivity index (χ0n) is 16.6. The first-order chi connectivity index (χ1) is 12.0. The Morgan fingerprint density at radius 1 is 0.840 bits per heavy atom. The van der Waals surface area contributed by atoms with Gasteiger partial charge in [0.15, 0.2) is 0 Å². The van der Waals surface area contributed by atoms with Gasteiger partial charge in [-0.2, -0.15) is 0 Å². The highest BCUT2D eigenvalue weighted by atomic mass is 16.5. The van der Waals surface area contributed by atoms with Crippen molar-refractivity contribution in [3.05, 3.63) is 70.8 Å². The molecule has 0 bridgehead atoms. The van der Waals surface area contributed by atoms with Crippen molar-refractivity contribution < 1.29 is 4.74 Å². The molecule has 25 heavy (non-hydrogen) atoms. The van der Waals surface area contributed by atoms with E-state index in [2.05, 4.69) is 83.1 Å². The standard InChI is InChI=1S/C24H34O/c1-6-14-24(25-19(4)5,23-12-10-9-11-13-23)18-22-16-20(7-2)15-21(8-3)17-22/h9-13,15-17,19H,6-8,14,18H2,1-5H3. The fourth-order valence-corrected chi connectivity index (χ4v) is 3.78. The molecule has 1 atom stereocenters. The van der Waals surface area contributed by atoms with Gasteiger partial charge in [-0.1, -0.05) is 75.7 Å². The third kappa shape index (κ3) is 5.19. The summed E-state index contributed by atoms with van der Waals surface area (Å²) in [5.41, 5.74) is 5.30. The number of aryl methyl sites for hydroxylation is 2. The van der Waals surface area contributed by atoms with Crippen molar-refractivity contribution in [2.24, 2.45) is 0 Å². The van der Waals surface area contributed by atoms with E-state index < -0.39 is 0 Å². The van der Waals surface area contributed by atoms with Crippen LogP contribution in [0.25, 0.3) is 0 Å². The van der Waals surface area contributed by atoms with Gasteiger partial charge in [0.25, 0.3) is 0 Å². The van der Waals surface area contributed by atoms with Gasteiger partial charge in [-0.25, -0.2) is 0 Å². The van der Waals surface area contributed by atoms with Crippen molar-refractivity contribution in [2.45, 2.75) is 78.4 Å². The van der Waals surface area contributed by atoms with Crippen LogP contribution in [-0.2, 0) is 29.6 Å². The molecule has 2 aromatic carbocycles. The van der Waals surface area contributed by atoms with E-state index in [0.717, 1.165) is 32.1 Å². The SMILES string of the molecule is CCCC(Cc1cc(CC)cc(CC)c1)(OC(C)C)c1ccccc1.